The largest absolute Gasteiger partial charge is 0.393 e. The van der Waals surface area contributed by atoms with E-state index in [0.29, 0.717) is 17.1 Å². The molecule has 0 aliphatic carbocycles. The van der Waals surface area contributed by atoms with Crippen LogP contribution in [0.25, 0.3) is 0 Å². The maximum Gasteiger partial charge on any atom is -0.0535 e. The molecule has 0 radical (unpaired) electrons. The molecular weight excluding hydrogens is 352 g/mol. The molecule has 0 aliphatic heterocycles. The van der Waals surface area contributed by atoms with Gasteiger partial charge in [0.1, 0.15) is 0 Å². The van der Waals surface area contributed by atoms with Gasteiger partial charge in [0.25, 0.3) is 0 Å². The van der Waals surface area contributed by atoms with E-state index in [1.807, 2.05) is 0 Å². The van der Waals surface area contributed by atoms with Gasteiger partial charge in [0.2, 0.25) is 0 Å². The molecule has 0 amide bonds. The van der Waals surface area contributed by atoms with Crippen LogP contribution < -0.4 is 0 Å². The molecule has 0 spiro atoms. The molecule has 0 bridgehead atoms. The number of halogens is 1. The zero-order valence-electron chi connectivity index (χ0n) is 11.6. The van der Waals surface area contributed by atoms with Crippen molar-refractivity contribution in [2.75, 3.05) is 0 Å². The molecule has 0 N–H and O–H groups in total. The van der Waals surface area contributed by atoms with Crippen molar-refractivity contribution in [1.29, 1.82) is 0 Å². The number of imidazole rings is 1. The van der Waals surface area contributed by atoms with Crippen LogP contribution in [0.4, 0.5) is 0 Å². The van der Waals surface area contributed by atoms with Crippen molar-refractivity contribution in [3.05, 3.63) is 45.8 Å². The number of aromatic nitrogens is 3. The van der Waals surface area contributed by atoms with Gasteiger partial charge in [0, 0.05) is 0 Å². The van der Waals surface area contributed by atoms with Gasteiger partial charge < -0.3 is 4.98 Å². The summed E-state index contributed by atoms with van der Waals surface area (Å²) in [4.78, 5) is 3.63. The van der Waals surface area contributed by atoms with Crippen LogP contribution >= 0.6 is 11.6 Å². The number of hydrogen-bond donors (Lipinski definition) is 0. The molecule has 3 nitrogen and oxygen atoms in total. The van der Waals surface area contributed by atoms with E-state index in [9.17, 15) is 0 Å². The Labute approximate surface area is 130 Å². The molecule has 0 aliphatic rings. The Hall–Kier alpha value is -0.688. The average Bonchev–Trinajstić information content (AvgIpc) is 2.73. The normalized spacial score (nSPS) is 10.6. The third-order valence-corrected chi connectivity index (χ3v) is 3.48. The van der Waals surface area contributed by atoms with Gasteiger partial charge in [-0.25, -0.2) is 0 Å². The monoisotopic (exact) mass is 370 g/mol. The van der Waals surface area contributed by atoms with Gasteiger partial charge in [0.05, 0.1) is 0 Å². The Balaban J connectivity index is 0.000000218. The predicted octanol–water partition coefficient (Wildman–Crippen LogP) is 4.07. The van der Waals surface area contributed by atoms with E-state index in [4.69, 9.17) is 11.6 Å². The average molecular weight is 371 g/mol. The molecule has 0 saturated heterocycles. The Kier molecular flexibility index (Phi) is 6.71. The summed E-state index contributed by atoms with van der Waals surface area (Å²) in [6.45, 7) is 8.73. The van der Waals surface area contributed by atoms with Crippen molar-refractivity contribution in [2.24, 2.45) is 0 Å². The second-order valence-electron chi connectivity index (χ2n) is 4.64. The molecule has 2 rings (SSSR count). The molecule has 108 valence electrons. The van der Waals surface area contributed by atoms with Crippen LogP contribution in [0.2, 0.25) is 5.02 Å². The molecule has 0 aromatic carbocycles. The summed E-state index contributed by atoms with van der Waals surface area (Å²) in [5.74, 6) is 0. The number of rotatable bonds is 2. The van der Waals surface area contributed by atoms with E-state index in [0.717, 1.165) is 0 Å². The second kappa shape index (κ2) is 7.79. The molecule has 19 heavy (non-hydrogen) atoms. The predicted molar refractivity (Wildman–Crippen MR) is 74.5 cm³/mol. The van der Waals surface area contributed by atoms with Crippen molar-refractivity contribution in [2.45, 2.75) is 39.8 Å². The summed E-state index contributed by atoms with van der Waals surface area (Å²) < 4.78 is 5.63. The number of nitrogens with zero attached hydrogens (tertiary/aromatic N) is 3. The quantitative estimate of drug-likeness (QED) is 0.577. The Morgan fingerprint density at radius 1 is 1.16 bits per heavy atom. The Morgan fingerprint density at radius 3 is 1.89 bits per heavy atom. The van der Waals surface area contributed by atoms with Crippen molar-refractivity contribution in [1.82, 2.24) is 14.1 Å². The molecule has 5 heteroatoms. The summed E-state index contributed by atoms with van der Waals surface area (Å²) in [6, 6.07) is 4.54. The van der Waals surface area contributed by atoms with Gasteiger partial charge in [0.15, 0.2) is 0 Å². The molecule has 2 aromatic rings. The fraction of sp³-hybridized carbons (Fsp3) is 0.429. The molecular formula is C14H19ClN3Pd-. The minimum atomic E-state index is 0.523. The standard InChI is InChI=1S/C9H16N2.C5H3ClN.Pd/c1-8(2)10-5-6-11(7-10)9(3)4;6-5-2-1-3-7-4-5;/h5-6,8-9H,1-4H3;1-3H;/q;-1;. The topological polar surface area (TPSA) is 22.8 Å². The van der Waals surface area contributed by atoms with Gasteiger partial charge >= 0.3 is 83.9 Å². The molecule has 0 fully saturated rings. The fourth-order valence-corrected chi connectivity index (χ4v) is 2.59. The van der Waals surface area contributed by atoms with Gasteiger partial charge in [-0.2, -0.15) is 6.07 Å². The van der Waals surface area contributed by atoms with Gasteiger partial charge in [-0.05, 0) is 0 Å². The minimum absolute atomic E-state index is 0.523. The molecule has 2 aromatic heterocycles. The second-order valence-corrected chi connectivity index (χ2v) is 5.74. The van der Waals surface area contributed by atoms with Crippen LogP contribution in [0.15, 0.2) is 30.7 Å². The SMILES string of the molecule is CC(C)n1ccn(C(C)C)[c]1=[Pd].Clc1[c-]nccc1. The number of hydrogen-bond acceptors (Lipinski definition) is 1. The summed E-state index contributed by atoms with van der Waals surface area (Å²) >= 11 is 8.72. The number of pyridine rings is 1. The zero-order valence-corrected chi connectivity index (χ0v) is 13.9. The fourth-order valence-electron chi connectivity index (χ4n) is 1.44. The van der Waals surface area contributed by atoms with E-state index < -0.39 is 0 Å². The first-order valence-corrected chi connectivity index (χ1v) is 7.31. The Morgan fingerprint density at radius 2 is 1.68 bits per heavy atom. The van der Waals surface area contributed by atoms with Crippen molar-refractivity contribution >= 4 is 11.6 Å². The van der Waals surface area contributed by atoms with E-state index in [2.05, 4.69) is 79.1 Å². The molecule has 0 atom stereocenters. The summed E-state index contributed by atoms with van der Waals surface area (Å²) in [5.41, 5.74) is 0. The molecule has 2 heterocycles. The summed E-state index contributed by atoms with van der Waals surface area (Å²) in [6.07, 6.45) is 8.41. The van der Waals surface area contributed by atoms with Crippen LogP contribution in [0.5, 0.6) is 0 Å². The van der Waals surface area contributed by atoms with Crippen molar-refractivity contribution in [3.63, 3.8) is 0 Å². The summed E-state index contributed by atoms with van der Waals surface area (Å²) in [7, 11) is 0. The van der Waals surface area contributed by atoms with Crippen LogP contribution in [0.1, 0.15) is 39.8 Å². The van der Waals surface area contributed by atoms with E-state index in [1.54, 1.807) is 18.3 Å². The third kappa shape index (κ3) is 5.06. The third-order valence-electron chi connectivity index (χ3n) is 2.47. The van der Waals surface area contributed by atoms with Crippen LogP contribution in [-0.4, -0.2) is 14.1 Å². The van der Waals surface area contributed by atoms with Crippen molar-refractivity contribution in [3.8, 4) is 0 Å². The first-order chi connectivity index (χ1) is 8.93. The van der Waals surface area contributed by atoms with Crippen molar-refractivity contribution < 1.29 is 18.7 Å². The minimum Gasteiger partial charge on any atom is -0.393 e. The smallest absolute Gasteiger partial charge is 0.0535 e. The molecule has 0 saturated carbocycles. The first-order valence-electron chi connectivity index (χ1n) is 6.16. The maximum atomic E-state index is 5.42. The van der Waals surface area contributed by atoms with E-state index in [-0.39, 0.29) is 0 Å². The van der Waals surface area contributed by atoms with Gasteiger partial charge in [-0.3, -0.25) is 0 Å². The van der Waals surface area contributed by atoms with Gasteiger partial charge in [-0.1, -0.05) is 17.4 Å². The van der Waals surface area contributed by atoms with E-state index in [1.165, 1.54) is 3.89 Å². The maximum absolute atomic E-state index is 5.42. The van der Waals surface area contributed by atoms with Crippen LogP contribution in [-0.2, 0) is 18.7 Å². The molecule has 0 unspecified atom stereocenters. The van der Waals surface area contributed by atoms with Crippen LogP contribution in [0, 0.1) is 10.1 Å². The first kappa shape index (κ1) is 16.4. The summed E-state index contributed by atoms with van der Waals surface area (Å²) in [5, 5.41) is 0.558. The Bertz CT molecular complexity index is 515. The zero-order chi connectivity index (χ0) is 14.4. The van der Waals surface area contributed by atoms with Crippen LogP contribution in [0.3, 0.4) is 0 Å². The van der Waals surface area contributed by atoms with E-state index >= 15 is 0 Å². The van der Waals surface area contributed by atoms with Gasteiger partial charge in [-0.15, -0.1) is 17.7 Å².